The van der Waals surface area contributed by atoms with Crippen LogP contribution in [-0.4, -0.2) is 18.8 Å². The molecule has 2 aromatic carbocycles. The lowest BCUT2D eigenvalue weighted by Gasteiger charge is -2.15. The van der Waals surface area contributed by atoms with E-state index in [1.54, 1.807) is 18.2 Å². The summed E-state index contributed by atoms with van der Waals surface area (Å²) in [6.45, 7) is 2.58. The third-order valence-electron chi connectivity index (χ3n) is 3.04. The van der Waals surface area contributed by atoms with Crippen LogP contribution in [0.1, 0.15) is 18.1 Å². The normalized spacial score (nSPS) is 10.7. The lowest BCUT2D eigenvalue weighted by Crippen LogP contribution is -2.21. The molecule has 2 rings (SSSR count). The standard InChI is InChI=1S/C17H18Cl2N4O2/c1-2-24-15-8-11(9-22-23-17(20)21)7-14(19)16(15)25-10-12-5-3-4-6-13(12)18/h3-9H,2,10H2,1H3,(H4,20,21,23). The second kappa shape index (κ2) is 9.15. The molecule has 0 fully saturated rings. The van der Waals surface area contributed by atoms with Crippen LogP contribution in [0.2, 0.25) is 10.0 Å². The second-order valence-corrected chi connectivity index (χ2v) is 5.73. The van der Waals surface area contributed by atoms with Crippen LogP contribution in [0.15, 0.2) is 46.6 Å². The first-order chi connectivity index (χ1) is 12.0. The molecule has 0 spiro atoms. The van der Waals surface area contributed by atoms with E-state index >= 15 is 0 Å². The topological polar surface area (TPSA) is 95.2 Å². The summed E-state index contributed by atoms with van der Waals surface area (Å²) in [5.41, 5.74) is 12.0. The van der Waals surface area contributed by atoms with Gasteiger partial charge in [-0.1, -0.05) is 41.4 Å². The molecule has 0 bridgehead atoms. The van der Waals surface area contributed by atoms with E-state index in [2.05, 4.69) is 10.2 Å². The van der Waals surface area contributed by atoms with Gasteiger partial charge in [0.2, 0.25) is 5.96 Å². The molecule has 4 N–H and O–H groups in total. The molecule has 2 aromatic rings. The third kappa shape index (κ3) is 5.55. The van der Waals surface area contributed by atoms with Gasteiger partial charge in [0, 0.05) is 16.1 Å². The van der Waals surface area contributed by atoms with E-state index < -0.39 is 0 Å². The number of ether oxygens (including phenoxy) is 2. The number of guanidine groups is 1. The van der Waals surface area contributed by atoms with Gasteiger partial charge < -0.3 is 20.9 Å². The third-order valence-corrected chi connectivity index (χ3v) is 3.69. The summed E-state index contributed by atoms with van der Waals surface area (Å²) in [4.78, 5) is 0. The van der Waals surface area contributed by atoms with Crippen molar-refractivity contribution in [2.45, 2.75) is 13.5 Å². The first-order valence-corrected chi connectivity index (χ1v) is 8.21. The molecule has 0 saturated heterocycles. The van der Waals surface area contributed by atoms with Gasteiger partial charge in [0.15, 0.2) is 11.5 Å². The van der Waals surface area contributed by atoms with Gasteiger partial charge >= 0.3 is 0 Å². The predicted octanol–water partition coefficient (Wildman–Crippen LogP) is 3.58. The van der Waals surface area contributed by atoms with E-state index in [-0.39, 0.29) is 12.6 Å². The van der Waals surface area contributed by atoms with Crippen LogP contribution in [0.5, 0.6) is 11.5 Å². The summed E-state index contributed by atoms with van der Waals surface area (Å²) >= 11 is 12.5. The van der Waals surface area contributed by atoms with Crippen LogP contribution < -0.4 is 20.9 Å². The zero-order valence-corrected chi connectivity index (χ0v) is 15.1. The molecule has 25 heavy (non-hydrogen) atoms. The van der Waals surface area contributed by atoms with Crippen molar-refractivity contribution < 1.29 is 9.47 Å². The molecule has 132 valence electrons. The molecule has 0 amide bonds. The molecular weight excluding hydrogens is 363 g/mol. The van der Waals surface area contributed by atoms with Crippen molar-refractivity contribution in [1.29, 1.82) is 0 Å². The molecule has 6 nitrogen and oxygen atoms in total. The molecule has 0 saturated carbocycles. The summed E-state index contributed by atoms with van der Waals surface area (Å²) in [6, 6.07) is 10.8. The Morgan fingerprint density at radius 3 is 2.56 bits per heavy atom. The summed E-state index contributed by atoms with van der Waals surface area (Å²) in [5.74, 6) is 0.794. The van der Waals surface area contributed by atoms with Gasteiger partial charge in [-0.05, 0) is 25.1 Å². The molecule has 0 heterocycles. The highest BCUT2D eigenvalue weighted by atomic mass is 35.5. The van der Waals surface area contributed by atoms with Crippen LogP contribution in [0.25, 0.3) is 0 Å². The molecular formula is C17H18Cl2N4O2. The number of rotatable bonds is 7. The summed E-state index contributed by atoms with van der Waals surface area (Å²) < 4.78 is 11.4. The Morgan fingerprint density at radius 2 is 1.88 bits per heavy atom. The Hall–Kier alpha value is -2.44. The maximum Gasteiger partial charge on any atom is 0.211 e. The van der Waals surface area contributed by atoms with Crippen molar-refractivity contribution in [2.24, 2.45) is 21.7 Å². The van der Waals surface area contributed by atoms with Gasteiger partial charge in [0.1, 0.15) is 6.61 Å². The Balaban J connectivity index is 2.26. The molecule has 0 unspecified atom stereocenters. The van der Waals surface area contributed by atoms with E-state index in [4.69, 9.17) is 44.1 Å². The highest BCUT2D eigenvalue weighted by molar-refractivity contribution is 6.32. The SMILES string of the molecule is CCOc1cc(C=NN=C(N)N)cc(Cl)c1OCc1ccccc1Cl. The Bertz CT molecular complexity index is 790. The number of nitrogens with two attached hydrogens (primary N) is 2. The van der Waals surface area contributed by atoms with E-state index in [9.17, 15) is 0 Å². The van der Waals surface area contributed by atoms with Gasteiger partial charge in [-0.3, -0.25) is 0 Å². The van der Waals surface area contributed by atoms with Crippen molar-refractivity contribution in [3.05, 3.63) is 57.6 Å². The van der Waals surface area contributed by atoms with Crippen molar-refractivity contribution in [3.63, 3.8) is 0 Å². The van der Waals surface area contributed by atoms with Gasteiger partial charge in [0.25, 0.3) is 0 Å². The van der Waals surface area contributed by atoms with Crippen molar-refractivity contribution in [3.8, 4) is 11.5 Å². The fourth-order valence-electron chi connectivity index (χ4n) is 1.99. The zero-order chi connectivity index (χ0) is 18.2. The minimum atomic E-state index is -0.132. The average molecular weight is 381 g/mol. The number of nitrogens with zero attached hydrogens (tertiary/aromatic N) is 2. The van der Waals surface area contributed by atoms with Gasteiger partial charge in [0.05, 0.1) is 17.8 Å². The van der Waals surface area contributed by atoms with Crippen LogP contribution in [0.3, 0.4) is 0 Å². The van der Waals surface area contributed by atoms with Crippen LogP contribution >= 0.6 is 23.2 Å². The lowest BCUT2D eigenvalue weighted by atomic mass is 10.2. The maximum atomic E-state index is 6.33. The van der Waals surface area contributed by atoms with E-state index in [1.165, 1.54) is 6.21 Å². The van der Waals surface area contributed by atoms with E-state index in [1.807, 2.05) is 25.1 Å². The Labute approximate surface area is 156 Å². The van der Waals surface area contributed by atoms with E-state index in [0.29, 0.717) is 33.7 Å². The molecule has 0 aliphatic rings. The quantitative estimate of drug-likeness (QED) is 0.435. The van der Waals surface area contributed by atoms with Gasteiger partial charge in [-0.15, -0.1) is 5.10 Å². The first-order valence-electron chi connectivity index (χ1n) is 7.45. The van der Waals surface area contributed by atoms with Crippen molar-refractivity contribution in [1.82, 2.24) is 0 Å². The second-order valence-electron chi connectivity index (χ2n) is 4.91. The maximum absolute atomic E-state index is 6.33. The van der Waals surface area contributed by atoms with Crippen LogP contribution in [0, 0.1) is 0 Å². The van der Waals surface area contributed by atoms with Crippen molar-refractivity contribution in [2.75, 3.05) is 6.61 Å². The summed E-state index contributed by atoms with van der Waals surface area (Å²) in [6.07, 6.45) is 1.46. The monoisotopic (exact) mass is 380 g/mol. The molecule has 0 aliphatic heterocycles. The molecule has 8 heteroatoms. The average Bonchev–Trinajstić information content (AvgIpc) is 2.55. The fourth-order valence-corrected chi connectivity index (χ4v) is 2.46. The number of benzene rings is 2. The highest BCUT2D eigenvalue weighted by Crippen LogP contribution is 2.37. The van der Waals surface area contributed by atoms with Crippen LogP contribution in [0.4, 0.5) is 0 Å². The lowest BCUT2D eigenvalue weighted by molar-refractivity contribution is 0.269. The zero-order valence-electron chi connectivity index (χ0n) is 13.6. The Kier molecular flexibility index (Phi) is 6.91. The summed E-state index contributed by atoms with van der Waals surface area (Å²) in [7, 11) is 0. The number of halogens is 2. The molecule has 0 aliphatic carbocycles. The number of hydrogen-bond acceptors (Lipinski definition) is 4. The van der Waals surface area contributed by atoms with Gasteiger partial charge in [-0.25, -0.2) is 0 Å². The van der Waals surface area contributed by atoms with E-state index in [0.717, 1.165) is 5.56 Å². The van der Waals surface area contributed by atoms with Gasteiger partial charge in [-0.2, -0.15) is 5.10 Å². The largest absolute Gasteiger partial charge is 0.490 e. The van der Waals surface area contributed by atoms with Crippen molar-refractivity contribution >= 4 is 35.4 Å². The first kappa shape index (κ1) is 18.9. The van der Waals surface area contributed by atoms with Crippen LogP contribution in [-0.2, 0) is 6.61 Å². The fraction of sp³-hybridized carbons (Fsp3) is 0.176. The molecule has 0 aromatic heterocycles. The Morgan fingerprint density at radius 1 is 1.12 bits per heavy atom. The highest BCUT2D eigenvalue weighted by Gasteiger charge is 2.13. The number of hydrogen-bond donors (Lipinski definition) is 2. The minimum absolute atomic E-state index is 0.132. The molecule has 0 radical (unpaired) electrons. The molecule has 0 atom stereocenters. The minimum Gasteiger partial charge on any atom is -0.490 e. The summed E-state index contributed by atoms with van der Waals surface area (Å²) in [5, 5.41) is 8.31. The predicted molar refractivity (Wildman–Crippen MR) is 102 cm³/mol. The smallest absolute Gasteiger partial charge is 0.211 e.